The van der Waals surface area contributed by atoms with E-state index in [1.54, 1.807) is 0 Å². The lowest BCUT2D eigenvalue weighted by atomic mass is 9.85. The molecule has 3 atom stereocenters. The monoisotopic (exact) mass is 426 g/mol. The van der Waals surface area contributed by atoms with Crippen molar-refractivity contribution >= 4 is 27.4 Å². The minimum absolute atomic E-state index is 0.0550. The molecule has 0 saturated carbocycles. The van der Waals surface area contributed by atoms with Gasteiger partial charge in [0.25, 0.3) is 0 Å². The Bertz CT molecular complexity index is 799. The van der Waals surface area contributed by atoms with Crippen molar-refractivity contribution in [1.82, 2.24) is 15.5 Å². The van der Waals surface area contributed by atoms with Crippen molar-refractivity contribution in [3.63, 3.8) is 0 Å². The Kier molecular flexibility index (Phi) is 7.23. The van der Waals surface area contributed by atoms with E-state index >= 15 is 0 Å². The zero-order valence-electron chi connectivity index (χ0n) is 16.7. The molecule has 3 rings (SSSR count). The summed E-state index contributed by atoms with van der Waals surface area (Å²) in [5.41, 5.74) is 1.23. The smallest absolute Gasteiger partial charge is 0.191 e. The maximum Gasteiger partial charge on any atom is 0.191 e. The molecule has 3 unspecified atom stereocenters. The van der Waals surface area contributed by atoms with E-state index in [9.17, 15) is 8.42 Å². The number of sulfone groups is 1. The van der Waals surface area contributed by atoms with Gasteiger partial charge in [-0.15, -0.1) is 0 Å². The second-order valence-corrected chi connectivity index (χ2v) is 10.5. The van der Waals surface area contributed by atoms with Gasteiger partial charge in [-0.1, -0.05) is 23.7 Å². The average molecular weight is 427 g/mol. The Morgan fingerprint density at radius 3 is 2.86 bits per heavy atom. The molecular formula is C20H31ClN4O2S. The maximum absolute atomic E-state index is 11.7. The molecule has 6 nitrogen and oxygen atoms in total. The molecule has 0 spiro atoms. The second-order valence-electron chi connectivity index (χ2n) is 7.85. The highest BCUT2D eigenvalue weighted by Gasteiger charge is 2.31. The van der Waals surface area contributed by atoms with Crippen LogP contribution >= 0.6 is 11.6 Å². The highest BCUT2D eigenvalue weighted by molar-refractivity contribution is 7.91. The van der Waals surface area contributed by atoms with E-state index in [1.165, 1.54) is 5.56 Å². The molecule has 2 saturated heterocycles. The number of aliphatic imine (C=N–C) groups is 1. The van der Waals surface area contributed by atoms with E-state index in [2.05, 4.69) is 34.7 Å². The summed E-state index contributed by atoms with van der Waals surface area (Å²) in [6.07, 6.45) is 2.91. The summed E-state index contributed by atoms with van der Waals surface area (Å²) in [6, 6.07) is 8.34. The fraction of sp³-hybridized carbons (Fsp3) is 0.650. The van der Waals surface area contributed by atoms with Crippen LogP contribution in [0.4, 0.5) is 0 Å². The number of piperidine rings is 1. The van der Waals surface area contributed by atoms with Crippen molar-refractivity contribution in [2.45, 2.75) is 38.3 Å². The molecule has 2 aliphatic rings. The van der Waals surface area contributed by atoms with Crippen molar-refractivity contribution < 1.29 is 8.42 Å². The maximum atomic E-state index is 11.7. The highest BCUT2D eigenvalue weighted by Crippen LogP contribution is 2.36. The van der Waals surface area contributed by atoms with E-state index in [1.807, 2.05) is 19.1 Å². The van der Waals surface area contributed by atoms with Gasteiger partial charge < -0.3 is 10.6 Å². The van der Waals surface area contributed by atoms with Gasteiger partial charge in [0.15, 0.2) is 15.8 Å². The van der Waals surface area contributed by atoms with Crippen LogP contribution in [0.25, 0.3) is 0 Å². The first-order valence-electron chi connectivity index (χ1n) is 10.1. The summed E-state index contributed by atoms with van der Waals surface area (Å²) in [4.78, 5) is 7.21. The molecular weight excluding hydrogens is 396 g/mol. The minimum atomic E-state index is -2.91. The normalized spacial score (nSPS) is 28.2. The summed E-state index contributed by atoms with van der Waals surface area (Å²) < 4.78 is 23.5. The Labute approximate surface area is 173 Å². The summed E-state index contributed by atoms with van der Waals surface area (Å²) in [5, 5.41) is 7.33. The van der Waals surface area contributed by atoms with Gasteiger partial charge in [0.05, 0.1) is 11.5 Å². The molecule has 156 valence electrons. The van der Waals surface area contributed by atoms with Crippen LogP contribution in [0.3, 0.4) is 0 Å². The summed E-state index contributed by atoms with van der Waals surface area (Å²) in [6.45, 7) is 4.52. The lowest BCUT2D eigenvalue weighted by Gasteiger charge is -2.39. The van der Waals surface area contributed by atoms with E-state index in [0.29, 0.717) is 24.8 Å². The van der Waals surface area contributed by atoms with Gasteiger partial charge >= 0.3 is 0 Å². The molecule has 1 aromatic rings. The zero-order valence-corrected chi connectivity index (χ0v) is 18.3. The molecule has 2 N–H and O–H groups in total. The first-order valence-corrected chi connectivity index (χ1v) is 12.3. The van der Waals surface area contributed by atoms with Gasteiger partial charge in [-0.05, 0) is 63.4 Å². The molecule has 2 fully saturated rings. The fourth-order valence-corrected chi connectivity index (χ4v) is 6.17. The van der Waals surface area contributed by atoms with Crippen molar-refractivity contribution in [2.75, 3.05) is 38.2 Å². The molecule has 1 aromatic carbocycles. The van der Waals surface area contributed by atoms with Crippen LogP contribution in [0.1, 0.15) is 37.8 Å². The van der Waals surface area contributed by atoms with Crippen LogP contribution in [0.2, 0.25) is 5.02 Å². The topological polar surface area (TPSA) is 73.8 Å². The predicted octanol–water partition coefficient (Wildman–Crippen LogP) is 2.47. The highest BCUT2D eigenvalue weighted by atomic mass is 35.5. The summed E-state index contributed by atoms with van der Waals surface area (Å²) in [7, 11) is -0.751. The van der Waals surface area contributed by atoms with Crippen LogP contribution in [0, 0.1) is 5.92 Å². The SMILES string of the molecule is CCNC(=NCC1CCCN(C)C1c1cccc(Cl)c1)NC1CCS(=O)(=O)C1. The summed E-state index contributed by atoms with van der Waals surface area (Å²) in [5.74, 6) is 1.55. The zero-order chi connectivity index (χ0) is 20.1. The van der Waals surface area contributed by atoms with Gasteiger partial charge in [-0.3, -0.25) is 9.89 Å². The molecule has 0 amide bonds. The van der Waals surface area contributed by atoms with E-state index in [4.69, 9.17) is 16.6 Å². The quantitative estimate of drug-likeness (QED) is 0.559. The third-order valence-corrected chi connectivity index (χ3v) is 7.60. The number of likely N-dealkylation sites (tertiary alicyclic amines) is 1. The number of hydrogen-bond acceptors (Lipinski definition) is 4. The van der Waals surface area contributed by atoms with Crippen molar-refractivity contribution in [3.8, 4) is 0 Å². The number of rotatable bonds is 5. The number of halogens is 1. The predicted molar refractivity (Wildman–Crippen MR) is 116 cm³/mol. The molecule has 28 heavy (non-hydrogen) atoms. The lowest BCUT2D eigenvalue weighted by Crippen LogP contribution is -2.44. The number of hydrogen-bond donors (Lipinski definition) is 2. The van der Waals surface area contributed by atoms with Gasteiger partial charge in [-0.2, -0.15) is 0 Å². The molecule has 0 aromatic heterocycles. The Balaban J connectivity index is 1.72. The van der Waals surface area contributed by atoms with Crippen LogP contribution in [-0.2, 0) is 9.84 Å². The van der Waals surface area contributed by atoms with Gasteiger partial charge in [0.1, 0.15) is 0 Å². The summed E-state index contributed by atoms with van der Waals surface area (Å²) >= 11 is 6.23. The van der Waals surface area contributed by atoms with E-state index < -0.39 is 9.84 Å². The number of nitrogens with one attached hydrogen (secondary N) is 2. The standard InChI is InChI=1S/C20H31ClN4O2S/c1-3-22-20(24-18-9-11-28(26,27)14-18)23-13-16-7-5-10-25(2)19(16)15-6-4-8-17(21)12-15/h4,6,8,12,16,18-19H,3,5,7,9-11,13-14H2,1-2H3,(H2,22,23,24). The van der Waals surface area contributed by atoms with Gasteiger partial charge in [0, 0.05) is 30.2 Å². The van der Waals surface area contributed by atoms with Crippen molar-refractivity contribution in [3.05, 3.63) is 34.9 Å². The number of benzene rings is 1. The largest absolute Gasteiger partial charge is 0.357 e. The van der Waals surface area contributed by atoms with E-state index in [0.717, 1.165) is 31.0 Å². The molecule has 2 heterocycles. The second kappa shape index (κ2) is 9.46. The van der Waals surface area contributed by atoms with E-state index in [-0.39, 0.29) is 23.6 Å². The Hall–Kier alpha value is -1.31. The third-order valence-electron chi connectivity index (χ3n) is 5.60. The van der Waals surface area contributed by atoms with Gasteiger partial charge in [0.2, 0.25) is 0 Å². The first-order chi connectivity index (χ1) is 13.4. The van der Waals surface area contributed by atoms with Crippen LogP contribution < -0.4 is 10.6 Å². The number of guanidine groups is 1. The Morgan fingerprint density at radius 1 is 1.36 bits per heavy atom. The van der Waals surface area contributed by atoms with Crippen molar-refractivity contribution in [1.29, 1.82) is 0 Å². The average Bonchev–Trinajstić information content (AvgIpc) is 2.98. The van der Waals surface area contributed by atoms with Gasteiger partial charge in [-0.25, -0.2) is 8.42 Å². The van der Waals surface area contributed by atoms with Crippen LogP contribution in [0.5, 0.6) is 0 Å². The lowest BCUT2D eigenvalue weighted by molar-refractivity contribution is 0.125. The van der Waals surface area contributed by atoms with Crippen LogP contribution in [-0.4, -0.2) is 63.5 Å². The molecule has 0 bridgehead atoms. The minimum Gasteiger partial charge on any atom is -0.357 e. The molecule has 0 radical (unpaired) electrons. The molecule has 8 heteroatoms. The first kappa shape index (κ1) is 21.4. The van der Waals surface area contributed by atoms with Crippen LogP contribution in [0.15, 0.2) is 29.3 Å². The molecule has 2 aliphatic heterocycles. The third kappa shape index (κ3) is 5.61. The molecule has 0 aliphatic carbocycles. The number of nitrogens with zero attached hydrogens (tertiary/aromatic N) is 2. The van der Waals surface area contributed by atoms with Crippen molar-refractivity contribution in [2.24, 2.45) is 10.9 Å². The fourth-order valence-electron chi connectivity index (χ4n) is 4.30. The Morgan fingerprint density at radius 2 is 2.18 bits per heavy atom.